The topological polar surface area (TPSA) is 55.9 Å². The smallest absolute Gasteiger partial charge is 0.321 e. The van der Waals surface area contributed by atoms with Gasteiger partial charge in [0.15, 0.2) is 0 Å². The van der Waals surface area contributed by atoms with Gasteiger partial charge in [-0.25, -0.2) is 4.79 Å². The molecule has 1 N–H and O–H groups in total. The molecule has 1 aromatic rings. The fourth-order valence-corrected chi connectivity index (χ4v) is 4.80. The molecule has 4 rings (SSSR count). The van der Waals surface area contributed by atoms with E-state index >= 15 is 0 Å². The predicted molar refractivity (Wildman–Crippen MR) is 111 cm³/mol. The molecular formula is C22H32N4O2. The summed E-state index contributed by atoms with van der Waals surface area (Å²) in [5.41, 5.74) is 1.48. The summed E-state index contributed by atoms with van der Waals surface area (Å²) in [6, 6.07) is 7.41. The Labute approximate surface area is 167 Å². The number of nitrogens with zero attached hydrogens (tertiary/aromatic N) is 3. The number of rotatable bonds is 4. The zero-order chi connectivity index (χ0) is 19.3. The predicted octanol–water partition coefficient (Wildman–Crippen LogP) is 2.94. The molecule has 6 heteroatoms. The Hall–Kier alpha value is -2.08. The van der Waals surface area contributed by atoms with Crippen LogP contribution in [0.2, 0.25) is 0 Å². The fraction of sp³-hybridized carbons (Fsp3) is 0.636. The molecule has 2 aliphatic heterocycles. The summed E-state index contributed by atoms with van der Waals surface area (Å²) < 4.78 is 0. The normalized spacial score (nSPS) is 22.2. The molecule has 0 aromatic heterocycles. The van der Waals surface area contributed by atoms with Crippen molar-refractivity contribution in [2.24, 2.45) is 5.92 Å². The monoisotopic (exact) mass is 384 g/mol. The van der Waals surface area contributed by atoms with Crippen molar-refractivity contribution in [3.05, 3.63) is 29.8 Å². The highest BCUT2D eigenvalue weighted by molar-refractivity contribution is 5.98. The second-order valence-corrected chi connectivity index (χ2v) is 8.38. The standard InChI is InChI=1S/C22H32N4O2/c27-21(19-8-4-9-20(16-19)26-13-10-23-22(26)28)25-12-5-11-24(14-15-25)17-18-6-2-1-3-7-18/h4,8-9,16,18H,1-3,5-7,10-15,17H2,(H,23,28). The molecule has 152 valence electrons. The summed E-state index contributed by atoms with van der Waals surface area (Å²) in [6.45, 7) is 6.16. The van der Waals surface area contributed by atoms with E-state index in [0.717, 1.165) is 44.2 Å². The van der Waals surface area contributed by atoms with Crippen LogP contribution in [0, 0.1) is 5.92 Å². The van der Waals surface area contributed by atoms with Gasteiger partial charge in [-0.1, -0.05) is 25.3 Å². The number of anilines is 1. The Bertz CT molecular complexity index is 702. The van der Waals surface area contributed by atoms with E-state index < -0.39 is 0 Å². The minimum absolute atomic E-state index is 0.0842. The average molecular weight is 385 g/mol. The zero-order valence-corrected chi connectivity index (χ0v) is 16.7. The second kappa shape index (κ2) is 8.95. The Balaban J connectivity index is 1.36. The summed E-state index contributed by atoms with van der Waals surface area (Å²) in [7, 11) is 0. The molecule has 28 heavy (non-hydrogen) atoms. The highest BCUT2D eigenvalue weighted by Gasteiger charge is 2.25. The van der Waals surface area contributed by atoms with E-state index in [1.807, 2.05) is 29.2 Å². The quantitative estimate of drug-likeness (QED) is 0.868. The Morgan fingerprint density at radius 2 is 1.86 bits per heavy atom. The first-order chi connectivity index (χ1) is 13.7. The average Bonchev–Trinajstić information content (AvgIpc) is 3.02. The van der Waals surface area contributed by atoms with Gasteiger partial charge >= 0.3 is 6.03 Å². The van der Waals surface area contributed by atoms with Crippen molar-refractivity contribution in [1.29, 1.82) is 0 Å². The molecule has 0 unspecified atom stereocenters. The van der Waals surface area contributed by atoms with Gasteiger partial charge in [0.2, 0.25) is 0 Å². The van der Waals surface area contributed by atoms with Crippen LogP contribution in [0.5, 0.6) is 0 Å². The lowest BCUT2D eigenvalue weighted by Crippen LogP contribution is -2.37. The third-order valence-electron chi connectivity index (χ3n) is 6.38. The molecule has 0 spiro atoms. The summed E-state index contributed by atoms with van der Waals surface area (Å²) in [4.78, 5) is 31.3. The molecule has 2 saturated heterocycles. The summed E-state index contributed by atoms with van der Waals surface area (Å²) in [6.07, 6.45) is 7.94. The molecule has 0 radical (unpaired) electrons. The van der Waals surface area contributed by atoms with Crippen LogP contribution in [-0.4, -0.2) is 67.6 Å². The van der Waals surface area contributed by atoms with Gasteiger partial charge in [0.1, 0.15) is 0 Å². The van der Waals surface area contributed by atoms with Gasteiger partial charge in [-0.05, 0) is 49.9 Å². The maximum atomic E-state index is 13.1. The largest absolute Gasteiger partial charge is 0.337 e. The minimum Gasteiger partial charge on any atom is -0.337 e. The number of carbonyl (C=O) groups excluding carboxylic acids is 2. The molecular weight excluding hydrogens is 352 g/mol. The number of hydrogen-bond donors (Lipinski definition) is 1. The molecule has 0 bridgehead atoms. The highest BCUT2D eigenvalue weighted by atomic mass is 16.2. The number of benzene rings is 1. The third-order valence-corrected chi connectivity index (χ3v) is 6.38. The third kappa shape index (κ3) is 4.49. The fourth-order valence-electron chi connectivity index (χ4n) is 4.80. The Morgan fingerprint density at radius 3 is 2.64 bits per heavy atom. The van der Waals surface area contributed by atoms with Crippen molar-refractivity contribution in [2.45, 2.75) is 38.5 Å². The van der Waals surface area contributed by atoms with Crippen LogP contribution in [0.4, 0.5) is 10.5 Å². The van der Waals surface area contributed by atoms with E-state index in [4.69, 9.17) is 0 Å². The first-order valence-electron chi connectivity index (χ1n) is 10.9. The molecule has 3 aliphatic rings. The molecule has 1 aliphatic carbocycles. The van der Waals surface area contributed by atoms with Gasteiger partial charge in [0, 0.05) is 50.5 Å². The van der Waals surface area contributed by atoms with Gasteiger partial charge in [0.05, 0.1) is 0 Å². The van der Waals surface area contributed by atoms with Crippen molar-refractivity contribution in [3.63, 3.8) is 0 Å². The molecule has 3 amide bonds. The van der Waals surface area contributed by atoms with Gasteiger partial charge in [0.25, 0.3) is 5.91 Å². The summed E-state index contributed by atoms with van der Waals surface area (Å²) in [5.74, 6) is 0.931. The number of nitrogens with one attached hydrogen (secondary N) is 1. The SMILES string of the molecule is O=C(c1cccc(N2CCNC2=O)c1)N1CCCN(CC2CCCCC2)CC1. The molecule has 2 heterocycles. The number of carbonyl (C=O) groups is 2. The van der Waals surface area contributed by atoms with Crippen molar-refractivity contribution in [1.82, 2.24) is 15.1 Å². The van der Waals surface area contributed by atoms with Crippen LogP contribution in [0.25, 0.3) is 0 Å². The maximum Gasteiger partial charge on any atom is 0.321 e. The minimum atomic E-state index is -0.0854. The van der Waals surface area contributed by atoms with Gasteiger partial charge < -0.3 is 15.1 Å². The van der Waals surface area contributed by atoms with Crippen molar-refractivity contribution in [3.8, 4) is 0 Å². The van der Waals surface area contributed by atoms with E-state index in [9.17, 15) is 9.59 Å². The van der Waals surface area contributed by atoms with Gasteiger partial charge in [-0.15, -0.1) is 0 Å². The van der Waals surface area contributed by atoms with E-state index in [1.165, 1.54) is 38.6 Å². The van der Waals surface area contributed by atoms with Crippen LogP contribution in [0.1, 0.15) is 48.9 Å². The Morgan fingerprint density at radius 1 is 1.00 bits per heavy atom. The molecule has 0 atom stereocenters. The molecule has 1 saturated carbocycles. The van der Waals surface area contributed by atoms with Gasteiger partial charge in [-0.3, -0.25) is 9.69 Å². The molecule has 3 fully saturated rings. The van der Waals surface area contributed by atoms with Crippen LogP contribution in [0.15, 0.2) is 24.3 Å². The van der Waals surface area contributed by atoms with Crippen LogP contribution in [0.3, 0.4) is 0 Å². The second-order valence-electron chi connectivity index (χ2n) is 8.38. The summed E-state index contributed by atoms with van der Waals surface area (Å²) >= 11 is 0. The first kappa shape index (κ1) is 19.2. The number of hydrogen-bond acceptors (Lipinski definition) is 3. The van der Waals surface area contributed by atoms with E-state index in [2.05, 4.69) is 10.2 Å². The first-order valence-corrected chi connectivity index (χ1v) is 10.9. The van der Waals surface area contributed by atoms with E-state index in [1.54, 1.807) is 4.90 Å². The van der Waals surface area contributed by atoms with Crippen LogP contribution < -0.4 is 10.2 Å². The lowest BCUT2D eigenvalue weighted by Gasteiger charge is -2.28. The van der Waals surface area contributed by atoms with Crippen LogP contribution in [-0.2, 0) is 0 Å². The maximum absolute atomic E-state index is 13.1. The number of urea groups is 1. The molecule has 1 aromatic carbocycles. The zero-order valence-electron chi connectivity index (χ0n) is 16.7. The summed E-state index contributed by atoms with van der Waals surface area (Å²) in [5, 5.41) is 2.81. The van der Waals surface area contributed by atoms with Crippen LogP contribution >= 0.6 is 0 Å². The van der Waals surface area contributed by atoms with E-state index in [0.29, 0.717) is 18.7 Å². The molecule has 6 nitrogen and oxygen atoms in total. The van der Waals surface area contributed by atoms with Crippen molar-refractivity contribution < 1.29 is 9.59 Å². The van der Waals surface area contributed by atoms with Crippen molar-refractivity contribution >= 4 is 17.6 Å². The van der Waals surface area contributed by atoms with E-state index in [-0.39, 0.29) is 11.9 Å². The lowest BCUT2D eigenvalue weighted by atomic mass is 9.89. The number of amides is 3. The van der Waals surface area contributed by atoms with Gasteiger partial charge in [-0.2, -0.15) is 0 Å². The lowest BCUT2D eigenvalue weighted by molar-refractivity contribution is 0.0760. The highest BCUT2D eigenvalue weighted by Crippen LogP contribution is 2.25. The van der Waals surface area contributed by atoms with Crippen molar-refractivity contribution in [2.75, 3.05) is 50.7 Å². The Kier molecular flexibility index (Phi) is 6.15.